The van der Waals surface area contributed by atoms with Gasteiger partial charge in [0.1, 0.15) is 11.5 Å². The van der Waals surface area contributed by atoms with E-state index in [1.54, 1.807) is 24.4 Å². The molecule has 7 nitrogen and oxygen atoms in total. The lowest BCUT2D eigenvalue weighted by atomic mass is 10.0. The van der Waals surface area contributed by atoms with Gasteiger partial charge in [-0.25, -0.2) is 14.2 Å². The van der Waals surface area contributed by atoms with Gasteiger partial charge in [-0.3, -0.25) is 4.72 Å². The molecule has 0 fully saturated rings. The third-order valence-electron chi connectivity index (χ3n) is 5.19. The lowest BCUT2D eigenvalue weighted by Gasteiger charge is -2.13. The Kier molecular flexibility index (Phi) is 8.37. The maximum absolute atomic E-state index is 12.3. The number of fused-ring (bicyclic) bond motifs is 1. The molecule has 4 aromatic rings. The van der Waals surface area contributed by atoms with Crippen molar-refractivity contribution in [1.29, 1.82) is 0 Å². The number of nitrogens with zero attached hydrogens (tertiary/aromatic N) is 2. The average molecular weight is 541 g/mol. The van der Waals surface area contributed by atoms with Crippen molar-refractivity contribution in [3.63, 3.8) is 0 Å². The molecular weight excluding hydrogens is 517 g/mol. The van der Waals surface area contributed by atoms with Crippen LogP contribution in [0.4, 0.5) is 23.7 Å². The van der Waals surface area contributed by atoms with Crippen LogP contribution in [-0.4, -0.2) is 23.6 Å². The van der Waals surface area contributed by atoms with E-state index in [1.165, 1.54) is 12.1 Å². The van der Waals surface area contributed by atoms with Gasteiger partial charge in [-0.1, -0.05) is 38.1 Å². The number of halogens is 3. The number of alkyl halides is 3. The van der Waals surface area contributed by atoms with E-state index in [0.29, 0.717) is 11.3 Å². The molecule has 0 saturated heterocycles. The number of amides is 2. The molecule has 0 aliphatic heterocycles. The maximum Gasteiger partial charge on any atom is 0.573 e. The minimum atomic E-state index is -4.75. The second kappa shape index (κ2) is 11.9. The number of para-hydroxylation sites is 1. The van der Waals surface area contributed by atoms with Crippen LogP contribution in [0.3, 0.4) is 0 Å². The summed E-state index contributed by atoms with van der Waals surface area (Å²) >= 11 is 0.903. The number of pyridine rings is 1. The first-order valence-electron chi connectivity index (χ1n) is 11.5. The molecule has 0 radical (unpaired) electrons. The number of ether oxygens (including phenoxy) is 2. The number of rotatable bonds is 8. The third-order valence-corrected chi connectivity index (χ3v) is 5.68. The van der Waals surface area contributed by atoms with Crippen LogP contribution in [0.1, 0.15) is 30.9 Å². The fraction of sp³-hybridized carbons (Fsp3) is 0.148. The van der Waals surface area contributed by atoms with Crippen LogP contribution >= 0.6 is 12.1 Å². The summed E-state index contributed by atoms with van der Waals surface area (Å²) < 4.78 is 53.2. The van der Waals surface area contributed by atoms with Gasteiger partial charge < -0.3 is 14.8 Å². The number of carbonyl (C=O) groups excluding carboxylic acids is 1. The molecule has 1 aromatic heterocycles. The number of hydrogen-bond donors (Lipinski definition) is 2. The predicted molar refractivity (Wildman–Crippen MR) is 143 cm³/mol. The first-order chi connectivity index (χ1) is 18.2. The Morgan fingerprint density at radius 3 is 2.47 bits per heavy atom. The zero-order valence-electron chi connectivity index (χ0n) is 20.3. The summed E-state index contributed by atoms with van der Waals surface area (Å²) in [7, 11) is 0. The number of hydrogen-bond acceptors (Lipinski definition) is 6. The second-order valence-electron chi connectivity index (χ2n) is 8.35. The standard InChI is InChI=1S/C27H23F3N4O3S/c1-17(2)22-5-3-4-6-24(22)33-26(35)34-38-31-16-18-7-13-23-19(15-18)8-14-25(32-23)36-20-9-11-21(12-10-20)37-27(28,29)30/h3-17H,1-2H3,(H2,33,34,35). The molecule has 11 heteroatoms. The van der Waals surface area contributed by atoms with Gasteiger partial charge in [-0.2, -0.15) is 0 Å². The molecule has 1 heterocycles. The van der Waals surface area contributed by atoms with Gasteiger partial charge >= 0.3 is 12.4 Å². The third kappa shape index (κ3) is 7.62. The van der Waals surface area contributed by atoms with E-state index in [-0.39, 0.29) is 23.6 Å². The largest absolute Gasteiger partial charge is 0.573 e. The Morgan fingerprint density at radius 1 is 1.00 bits per heavy atom. The SMILES string of the molecule is CC(C)c1ccccc1NC(=O)NSN=Cc1ccc2nc(Oc3ccc(OC(F)(F)F)cc3)ccc2c1. The van der Waals surface area contributed by atoms with Gasteiger partial charge in [0.25, 0.3) is 0 Å². The van der Waals surface area contributed by atoms with Crippen molar-refractivity contribution in [2.75, 3.05) is 5.32 Å². The van der Waals surface area contributed by atoms with Gasteiger partial charge in [0, 0.05) is 23.4 Å². The number of anilines is 1. The van der Waals surface area contributed by atoms with Crippen molar-refractivity contribution in [1.82, 2.24) is 9.71 Å². The summed E-state index contributed by atoms with van der Waals surface area (Å²) in [5.41, 5.74) is 3.25. The minimum Gasteiger partial charge on any atom is -0.439 e. The van der Waals surface area contributed by atoms with Crippen molar-refractivity contribution in [2.45, 2.75) is 26.1 Å². The Labute approximate surface area is 221 Å². The van der Waals surface area contributed by atoms with Crippen LogP contribution in [0.5, 0.6) is 17.4 Å². The molecule has 4 rings (SSSR count). The molecule has 3 aromatic carbocycles. The highest BCUT2D eigenvalue weighted by Gasteiger charge is 2.31. The van der Waals surface area contributed by atoms with E-state index < -0.39 is 6.36 Å². The summed E-state index contributed by atoms with van der Waals surface area (Å²) in [5, 5.41) is 3.66. The number of benzene rings is 3. The number of urea groups is 1. The van der Waals surface area contributed by atoms with Gasteiger partial charge in [0.2, 0.25) is 5.88 Å². The molecule has 2 amide bonds. The van der Waals surface area contributed by atoms with E-state index in [0.717, 1.165) is 46.5 Å². The molecule has 0 saturated carbocycles. The van der Waals surface area contributed by atoms with Crippen LogP contribution in [-0.2, 0) is 0 Å². The first-order valence-corrected chi connectivity index (χ1v) is 12.2. The smallest absolute Gasteiger partial charge is 0.439 e. The second-order valence-corrected chi connectivity index (χ2v) is 8.94. The fourth-order valence-electron chi connectivity index (χ4n) is 3.51. The van der Waals surface area contributed by atoms with E-state index in [1.807, 2.05) is 36.4 Å². The zero-order chi connectivity index (χ0) is 27.1. The summed E-state index contributed by atoms with van der Waals surface area (Å²) in [5.74, 6) is 0.538. The molecule has 0 aliphatic rings. The normalized spacial score (nSPS) is 11.6. The highest BCUT2D eigenvalue weighted by molar-refractivity contribution is 7.96. The molecule has 0 atom stereocenters. The Bertz CT molecular complexity index is 1440. The Balaban J connectivity index is 1.32. The van der Waals surface area contributed by atoms with E-state index >= 15 is 0 Å². The first kappa shape index (κ1) is 26.8. The Morgan fingerprint density at radius 2 is 1.74 bits per heavy atom. The summed E-state index contributed by atoms with van der Waals surface area (Å²) in [6, 6.07) is 21.2. The van der Waals surface area contributed by atoms with Crippen LogP contribution in [0.15, 0.2) is 83.3 Å². The van der Waals surface area contributed by atoms with Gasteiger partial charge in [-0.15, -0.1) is 13.2 Å². The lowest BCUT2D eigenvalue weighted by Crippen LogP contribution is -2.23. The molecule has 0 bridgehead atoms. The number of aromatic nitrogens is 1. The molecule has 196 valence electrons. The van der Waals surface area contributed by atoms with E-state index in [9.17, 15) is 18.0 Å². The van der Waals surface area contributed by atoms with Gasteiger partial charge in [0.05, 0.1) is 17.7 Å². The molecule has 2 N–H and O–H groups in total. The van der Waals surface area contributed by atoms with E-state index in [2.05, 4.69) is 38.0 Å². The van der Waals surface area contributed by atoms with E-state index in [4.69, 9.17) is 4.74 Å². The molecule has 38 heavy (non-hydrogen) atoms. The molecule has 0 aliphatic carbocycles. The zero-order valence-corrected chi connectivity index (χ0v) is 21.1. The van der Waals surface area contributed by atoms with Crippen LogP contribution in [0.2, 0.25) is 0 Å². The number of carbonyl (C=O) groups is 1. The summed E-state index contributed by atoms with van der Waals surface area (Å²) in [6.45, 7) is 4.12. The quantitative estimate of drug-likeness (QED) is 0.176. The van der Waals surface area contributed by atoms with Crippen molar-refractivity contribution in [3.05, 3.63) is 90.0 Å². The highest BCUT2D eigenvalue weighted by Crippen LogP contribution is 2.28. The van der Waals surface area contributed by atoms with Gasteiger partial charge in [0.15, 0.2) is 0 Å². The monoisotopic (exact) mass is 540 g/mol. The van der Waals surface area contributed by atoms with Crippen molar-refractivity contribution in [3.8, 4) is 17.4 Å². The van der Waals surface area contributed by atoms with Crippen molar-refractivity contribution < 1.29 is 27.4 Å². The molecule has 0 unspecified atom stereocenters. The number of nitrogens with one attached hydrogen (secondary N) is 2. The summed E-state index contributed by atoms with van der Waals surface area (Å²) in [4.78, 5) is 16.6. The van der Waals surface area contributed by atoms with Crippen molar-refractivity contribution >= 4 is 41.0 Å². The fourth-order valence-corrected chi connectivity index (χ4v) is 3.87. The summed E-state index contributed by atoms with van der Waals surface area (Å²) in [6.07, 6.45) is -3.14. The molecular formula is C27H23F3N4O3S. The lowest BCUT2D eigenvalue weighted by molar-refractivity contribution is -0.274. The van der Waals surface area contributed by atoms with Gasteiger partial charge in [-0.05, 0) is 65.6 Å². The molecule has 0 spiro atoms. The highest BCUT2D eigenvalue weighted by atomic mass is 32.2. The van der Waals surface area contributed by atoms with Crippen LogP contribution < -0.4 is 19.5 Å². The predicted octanol–water partition coefficient (Wildman–Crippen LogP) is 7.85. The van der Waals surface area contributed by atoms with Crippen molar-refractivity contribution in [2.24, 2.45) is 4.40 Å². The van der Waals surface area contributed by atoms with Crippen LogP contribution in [0.25, 0.3) is 10.9 Å². The topological polar surface area (TPSA) is 84.8 Å². The maximum atomic E-state index is 12.3. The average Bonchev–Trinajstić information content (AvgIpc) is 2.87. The van der Waals surface area contributed by atoms with Crippen LogP contribution in [0, 0.1) is 0 Å². The Hall–Kier alpha value is -4.25. The minimum absolute atomic E-state index is 0.274.